The van der Waals surface area contributed by atoms with Crippen LogP contribution in [-0.4, -0.2) is 38.1 Å². The summed E-state index contributed by atoms with van der Waals surface area (Å²) in [6.07, 6.45) is 5.08. The summed E-state index contributed by atoms with van der Waals surface area (Å²) < 4.78 is 0. The van der Waals surface area contributed by atoms with E-state index in [0.717, 1.165) is 12.5 Å². The molecule has 0 aromatic carbocycles. The van der Waals surface area contributed by atoms with E-state index >= 15 is 0 Å². The molecular formula is C16H36N2. The molecule has 2 heteroatoms. The fraction of sp³-hybridized carbons (Fsp3) is 1.00. The molecule has 0 heterocycles. The lowest BCUT2D eigenvalue weighted by molar-refractivity contribution is 0.151. The number of rotatable bonds is 11. The van der Waals surface area contributed by atoms with Gasteiger partial charge < -0.3 is 10.2 Å². The summed E-state index contributed by atoms with van der Waals surface area (Å²) in [7, 11) is 2.28. The van der Waals surface area contributed by atoms with Gasteiger partial charge in [0.1, 0.15) is 0 Å². The lowest BCUT2D eigenvalue weighted by atomic mass is 9.81. The summed E-state index contributed by atoms with van der Waals surface area (Å²) in [6, 6.07) is 0. The van der Waals surface area contributed by atoms with E-state index in [9.17, 15) is 0 Å². The summed E-state index contributed by atoms with van der Waals surface area (Å²) >= 11 is 0. The first kappa shape index (κ1) is 17.9. The van der Waals surface area contributed by atoms with Gasteiger partial charge in [0.05, 0.1) is 0 Å². The molecule has 110 valence electrons. The molecule has 0 aromatic rings. The van der Waals surface area contributed by atoms with E-state index in [1.807, 2.05) is 0 Å². The van der Waals surface area contributed by atoms with Crippen LogP contribution in [-0.2, 0) is 0 Å². The van der Waals surface area contributed by atoms with E-state index < -0.39 is 0 Å². The highest BCUT2D eigenvalue weighted by atomic mass is 15.1. The Balaban J connectivity index is 4.21. The van der Waals surface area contributed by atoms with Crippen molar-refractivity contribution >= 4 is 0 Å². The molecule has 2 nitrogen and oxygen atoms in total. The van der Waals surface area contributed by atoms with Crippen LogP contribution in [0.3, 0.4) is 0 Å². The van der Waals surface area contributed by atoms with Gasteiger partial charge in [-0.25, -0.2) is 0 Å². The highest BCUT2D eigenvalue weighted by Crippen LogP contribution is 2.26. The normalized spacial score (nSPS) is 12.7. The molecule has 0 bridgehead atoms. The van der Waals surface area contributed by atoms with Crippen molar-refractivity contribution in [2.45, 2.75) is 60.3 Å². The molecule has 0 rings (SSSR count). The second-order valence-corrected chi connectivity index (χ2v) is 6.30. The van der Waals surface area contributed by atoms with Gasteiger partial charge in [-0.15, -0.1) is 0 Å². The molecule has 1 N–H and O–H groups in total. The second kappa shape index (κ2) is 9.80. The number of hydrogen-bond acceptors (Lipinski definition) is 2. The largest absolute Gasteiger partial charge is 0.316 e. The summed E-state index contributed by atoms with van der Waals surface area (Å²) in [6.45, 7) is 16.3. The second-order valence-electron chi connectivity index (χ2n) is 6.30. The standard InChI is InChI=1S/C16H36N2/c1-7-11-17-13-16(8-2,9-3)14-18(6)12-10-15(4)5/h15,17H,7-14H2,1-6H3. The molecule has 0 saturated carbocycles. The van der Waals surface area contributed by atoms with Crippen LogP contribution in [0.1, 0.15) is 60.3 Å². The van der Waals surface area contributed by atoms with Crippen molar-refractivity contribution < 1.29 is 0 Å². The number of nitrogens with zero attached hydrogens (tertiary/aromatic N) is 1. The van der Waals surface area contributed by atoms with Gasteiger partial charge >= 0.3 is 0 Å². The zero-order valence-electron chi connectivity index (χ0n) is 13.7. The zero-order chi connectivity index (χ0) is 14.0. The first-order valence-electron chi connectivity index (χ1n) is 7.89. The van der Waals surface area contributed by atoms with Gasteiger partial charge in [0.15, 0.2) is 0 Å². The Kier molecular flexibility index (Phi) is 9.76. The smallest absolute Gasteiger partial charge is 0.00469 e. The van der Waals surface area contributed by atoms with Crippen LogP contribution >= 0.6 is 0 Å². The molecule has 0 fully saturated rings. The Bertz CT molecular complexity index is 186. The Hall–Kier alpha value is -0.0800. The van der Waals surface area contributed by atoms with Gasteiger partial charge in [0.2, 0.25) is 0 Å². The Morgan fingerprint density at radius 2 is 1.72 bits per heavy atom. The summed E-state index contributed by atoms with van der Waals surface area (Å²) in [5, 5.41) is 3.62. The lowest BCUT2D eigenvalue weighted by Crippen LogP contribution is -2.43. The van der Waals surface area contributed by atoms with Crippen molar-refractivity contribution in [2.24, 2.45) is 11.3 Å². The van der Waals surface area contributed by atoms with E-state index in [4.69, 9.17) is 0 Å². The van der Waals surface area contributed by atoms with Gasteiger partial charge in [0.25, 0.3) is 0 Å². The average Bonchev–Trinajstić information content (AvgIpc) is 2.35. The van der Waals surface area contributed by atoms with Crippen LogP contribution in [0.15, 0.2) is 0 Å². The molecule has 0 aliphatic carbocycles. The third-order valence-corrected chi connectivity index (χ3v) is 4.12. The summed E-state index contributed by atoms with van der Waals surface area (Å²) in [4.78, 5) is 2.53. The molecular weight excluding hydrogens is 220 g/mol. The molecule has 18 heavy (non-hydrogen) atoms. The van der Waals surface area contributed by atoms with Crippen LogP contribution in [0.4, 0.5) is 0 Å². The predicted octanol–water partition coefficient (Wildman–Crippen LogP) is 3.77. The number of nitrogens with one attached hydrogen (secondary N) is 1. The molecule has 0 amide bonds. The van der Waals surface area contributed by atoms with Crippen molar-refractivity contribution in [1.82, 2.24) is 10.2 Å². The van der Waals surface area contributed by atoms with Crippen molar-refractivity contribution in [3.05, 3.63) is 0 Å². The van der Waals surface area contributed by atoms with Crippen molar-refractivity contribution in [2.75, 3.05) is 33.2 Å². The quantitative estimate of drug-likeness (QED) is 0.566. The first-order chi connectivity index (χ1) is 8.49. The maximum atomic E-state index is 3.62. The molecule has 0 unspecified atom stereocenters. The molecule has 0 saturated heterocycles. The molecule has 0 aliphatic heterocycles. The minimum Gasteiger partial charge on any atom is -0.316 e. The minimum atomic E-state index is 0.459. The fourth-order valence-electron chi connectivity index (χ4n) is 2.44. The Labute approximate surface area is 116 Å². The average molecular weight is 256 g/mol. The molecule has 0 spiro atoms. The first-order valence-corrected chi connectivity index (χ1v) is 7.89. The van der Waals surface area contributed by atoms with Gasteiger partial charge in [-0.2, -0.15) is 0 Å². The van der Waals surface area contributed by atoms with E-state index in [1.165, 1.54) is 45.3 Å². The van der Waals surface area contributed by atoms with Crippen molar-refractivity contribution in [3.8, 4) is 0 Å². The van der Waals surface area contributed by atoms with E-state index in [-0.39, 0.29) is 0 Å². The maximum absolute atomic E-state index is 3.62. The van der Waals surface area contributed by atoms with E-state index in [2.05, 4.69) is 51.9 Å². The maximum Gasteiger partial charge on any atom is 0.00469 e. The van der Waals surface area contributed by atoms with E-state index in [0.29, 0.717) is 5.41 Å². The summed E-state index contributed by atoms with van der Waals surface area (Å²) in [5.41, 5.74) is 0.459. The van der Waals surface area contributed by atoms with Crippen molar-refractivity contribution in [3.63, 3.8) is 0 Å². The number of hydrogen-bond donors (Lipinski definition) is 1. The van der Waals surface area contributed by atoms with Gasteiger partial charge in [-0.1, -0.05) is 34.6 Å². The van der Waals surface area contributed by atoms with Crippen molar-refractivity contribution in [1.29, 1.82) is 0 Å². The SMILES string of the molecule is CCCNCC(CC)(CC)CN(C)CCC(C)C. The third kappa shape index (κ3) is 7.38. The molecule has 0 atom stereocenters. The van der Waals surface area contributed by atoms with Crippen LogP contribution in [0, 0.1) is 11.3 Å². The third-order valence-electron chi connectivity index (χ3n) is 4.12. The minimum absolute atomic E-state index is 0.459. The highest BCUT2D eigenvalue weighted by Gasteiger charge is 2.27. The lowest BCUT2D eigenvalue weighted by Gasteiger charge is -2.36. The Morgan fingerprint density at radius 1 is 1.11 bits per heavy atom. The Morgan fingerprint density at radius 3 is 2.17 bits per heavy atom. The topological polar surface area (TPSA) is 15.3 Å². The van der Waals surface area contributed by atoms with Gasteiger partial charge in [0, 0.05) is 13.1 Å². The van der Waals surface area contributed by atoms with Gasteiger partial charge in [-0.05, 0) is 57.2 Å². The molecule has 0 aliphatic rings. The zero-order valence-corrected chi connectivity index (χ0v) is 13.7. The van der Waals surface area contributed by atoms with Crippen LogP contribution in [0.25, 0.3) is 0 Å². The predicted molar refractivity (Wildman–Crippen MR) is 83.1 cm³/mol. The highest BCUT2D eigenvalue weighted by molar-refractivity contribution is 4.82. The monoisotopic (exact) mass is 256 g/mol. The summed E-state index contributed by atoms with van der Waals surface area (Å²) in [5.74, 6) is 0.809. The van der Waals surface area contributed by atoms with Gasteiger partial charge in [-0.3, -0.25) is 0 Å². The van der Waals surface area contributed by atoms with Crippen LogP contribution in [0.5, 0.6) is 0 Å². The fourth-order valence-corrected chi connectivity index (χ4v) is 2.44. The van der Waals surface area contributed by atoms with Crippen LogP contribution < -0.4 is 5.32 Å². The van der Waals surface area contributed by atoms with E-state index in [1.54, 1.807) is 0 Å². The molecule has 0 aromatic heterocycles. The van der Waals surface area contributed by atoms with Crippen LogP contribution in [0.2, 0.25) is 0 Å². The molecule has 0 radical (unpaired) electrons.